The molecule has 2 aromatic rings. The average molecular weight is 428 g/mol. The number of allylic oxidation sites excluding steroid dienone is 2. The van der Waals surface area contributed by atoms with Crippen molar-refractivity contribution >= 4 is 17.6 Å². The summed E-state index contributed by atoms with van der Waals surface area (Å²) in [6.45, 7) is 0.400. The first-order valence-electron chi connectivity index (χ1n) is 10.1. The second-order valence-corrected chi connectivity index (χ2v) is 7.83. The molecular weight excluding hydrogens is 406 g/mol. The number of nitrogens with zero attached hydrogens (tertiary/aromatic N) is 2. The zero-order valence-corrected chi connectivity index (χ0v) is 17.2. The lowest BCUT2D eigenvalue weighted by molar-refractivity contribution is -0.139. The summed E-state index contributed by atoms with van der Waals surface area (Å²) < 4.78 is 30.9. The van der Waals surface area contributed by atoms with Gasteiger partial charge in [0, 0.05) is 22.6 Å². The molecule has 0 spiro atoms. The second kappa shape index (κ2) is 8.09. The summed E-state index contributed by atoms with van der Waals surface area (Å²) in [7, 11) is 0. The molecule has 31 heavy (non-hydrogen) atoms. The number of rotatable bonds is 6. The molecule has 2 amide bonds. The minimum absolute atomic E-state index is 0.0412. The molecule has 2 atom stereocenters. The molecule has 1 aromatic heterocycles. The molecular formula is C23H22F2N2O4. The summed E-state index contributed by atoms with van der Waals surface area (Å²) in [5.74, 6) is -1.57. The van der Waals surface area contributed by atoms with Crippen LogP contribution in [0.5, 0.6) is 5.75 Å². The largest absolute Gasteiger partial charge is 0.435 e. The summed E-state index contributed by atoms with van der Waals surface area (Å²) in [4.78, 5) is 39.4. The Bertz CT molecular complexity index is 1050. The van der Waals surface area contributed by atoms with E-state index in [0.717, 1.165) is 10.6 Å². The number of amides is 2. The van der Waals surface area contributed by atoms with Crippen LogP contribution in [0.2, 0.25) is 0 Å². The third-order valence-electron chi connectivity index (χ3n) is 5.95. The highest BCUT2D eigenvalue weighted by molar-refractivity contribution is 6.10. The standard InChI is InChI=1S/C23H22F2N2O4/c1-13-11-19(14(2)27(13)15-7-9-16(10-8-15)31-23(24)25)20(28)12-26-21(29)17-5-3-4-6-18(17)22(26)30/h3-4,7-11,17-18,23H,5-6,12H2,1-2H3. The molecule has 2 unspecified atom stereocenters. The fourth-order valence-electron chi connectivity index (χ4n) is 4.47. The van der Waals surface area contributed by atoms with E-state index >= 15 is 0 Å². The van der Waals surface area contributed by atoms with Gasteiger partial charge in [0.25, 0.3) is 0 Å². The number of aryl methyl sites for hydroxylation is 1. The smallest absolute Gasteiger partial charge is 0.387 e. The maximum Gasteiger partial charge on any atom is 0.387 e. The van der Waals surface area contributed by atoms with Crippen molar-refractivity contribution in [3.05, 3.63) is 59.4 Å². The van der Waals surface area contributed by atoms with Gasteiger partial charge in [0.2, 0.25) is 11.8 Å². The van der Waals surface area contributed by atoms with E-state index < -0.39 is 6.61 Å². The number of Topliss-reactive ketones (excluding diaryl/α,β-unsaturated/α-hetero) is 1. The van der Waals surface area contributed by atoms with Gasteiger partial charge >= 0.3 is 6.61 Å². The van der Waals surface area contributed by atoms with Crippen molar-refractivity contribution in [2.45, 2.75) is 33.3 Å². The Kier molecular flexibility index (Phi) is 5.47. The molecule has 0 radical (unpaired) electrons. The molecule has 0 saturated carbocycles. The van der Waals surface area contributed by atoms with E-state index in [9.17, 15) is 23.2 Å². The zero-order valence-electron chi connectivity index (χ0n) is 17.2. The van der Waals surface area contributed by atoms with Crippen LogP contribution < -0.4 is 4.74 Å². The molecule has 1 fully saturated rings. The molecule has 6 nitrogen and oxygen atoms in total. The van der Waals surface area contributed by atoms with Crippen LogP contribution in [0.3, 0.4) is 0 Å². The number of carbonyl (C=O) groups excluding carboxylic acids is 3. The number of alkyl halides is 2. The van der Waals surface area contributed by atoms with Gasteiger partial charge in [-0.25, -0.2) is 0 Å². The van der Waals surface area contributed by atoms with Gasteiger partial charge in [-0.3, -0.25) is 19.3 Å². The second-order valence-electron chi connectivity index (χ2n) is 7.83. The lowest BCUT2D eigenvalue weighted by atomic mass is 9.85. The van der Waals surface area contributed by atoms with Crippen LogP contribution in [0.25, 0.3) is 5.69 Å². The Morgan fingerprint density at radius 2 is 1.65 bits per heavy atom. The van der Waals surface area contributed by atoms with Crippen LogP contribution in [0, 0.1) is 25.7 Å². The van der Waals surface area contributed by atoms with Crippen molar-refractivity contribution in [1.82, 2.24) is 9.47 Å². The highest BCUT2D eigenvalue weighted by atomic mass is 19.3. The predicted molar refractivity (Wildman–Crippen MR) is 108 cm³/mol. The van der Waals surface area contributed by atoms with Crippen molar-refractivity contribution in [3.63, 3.8) is 0 Å². The minimum Gasteiger partial charge on any atom is -0.435 e. The van der Waals surface area contributed by atoms with E-state index in [1.807, 2.05) is 23.6 Å². The number of fused-ring (bicyclic) bond motifs is 1. The van der Waals surface area contributed by atoms with Gasteiger partial charge < -0.3 is 9.30 Å². The van der Waals surface area contributed by atoms with Gasteiger partial charge in [-0.1, -0.05) is 12.2 Å². The zero-order chi connectivity index (χ0) is 22.3. The third kappa shape index (κ3) is 3.78. The van der Waals surface area contributed by atoms with Gasteiger partial charge in [-0.15, -0.1) is 0 Å². The Morgan fingerprint density at radius 1 is 1.06 bits per heavy atom. The Hall–Kier alpha value is -3.29. The molecule has 162 valence electrons. The Morgan fingerprint density at radius 3 is 2.19 bits per heavy atom. The quantitative estimate of drug-likeness (QED) is 0.398. The molecule has 2 heterocycles. The van der Waals surface area contributed by atoms with Gasteiger partial charge in [-0.2, -0.15) is 8.78 Å². The number of likely N-dealkylation sites (tertiary alicyclic amines) is 1. The van der Waals surface area contributed by atoms with Crippen LogP contribution in [-0.2, 0) is 9.59 Å². The number of ether oxygens (including phenoxy) is 1. The van der Waals surface area contributed by atoms with E-state index in [2.05, 4.69) is 4.74 Å². The fourth-order valence-corrected chi connectivity index (χ4v) is 4.47. The van der Waals surface area contributed by atoms with Crippen LogP contribution in [0.15, 0.2) is 42.5 Å². The van der Waals surface area contributed by atoms with Crippen LogP contribution in [0.4, 0.5) is 8.78 Å². The number of ketones is 1. The van der Waals surface area contributed by atoms with Crippen molar-refractivity contribution in [1.29, 1.82) is 0 Å². The summed E-state index contributed by atoms with van der Waals surface area (Å²) in [6, 6.07) is 7.81. The minimum atomic E-state index is -2.90. The molecule has 1 aromatic carbocycles. The first-order valence-corrected chi connectivity index (χ1v) is 10.1. The Labute approximate surface area is 178 Å². The molecule has 2 aliphatic rings. The molecule has 1 saturated heterocycles. The van der Waals surface area contributed by atoms with Crippen molar-refractivity contribution in [2.75, 3.05) is 6.54 Å². The van der Waals surface area contributed by atoms with Crippen LogP contribution in [0.1, 0.15) is 34.6 Å². The number of imide groups is 1. The summed E-state index contributed by atoms with van der Waals surface area (Å²) in [5.41, 5.74) is 2.50. The molecule has 0 bridgehead atoms. The first-order chi connectivity index (χ1) is 14.8. The topological polar surface area (TPSA) is 68.6 Å². The summed E-state index contributed by atoms with van der Waals surface area (Å²) in [6.07, 6.45) is 4.87. The normalized spacial score (nSPS) is 20.5. The SMILES string of the molecule is Cc1cc(C(=O)CN2C(=O)C3CC=CCC3C2=O)c(C)n1-c1ccc(OC(F)F)cc1. The van der Waals surface area contributed by atoms with Crippen molar-refractivity contribution in [2.24, 2.45) is 11.8 Å². The van der Waals surface area contributed by atoms with E-state index in [1.54, 1.807) is 25.1 Å². The number of hydrogen-bond acceptors (Lipinski definition) is 4. The molecule has 1 aliphatic heterocycles. The highest BCUT2D eigenvalue weighted by Gasteiger charge is 2.47. The van der Waals surface area contributed by atoms with Gasteiger partial charge in [0.05, 0.1) is 18.4 Å². The maximum atomic E-state index is 13.0. The van der Waals surface area contributed by atoms with E-state index in [1.165, 1.54) is 12.1 Å². The first kappa shape index (κ1) is 21.0. The van der Waals surface area contributed by atoms with Gasteiger partial charge in [0.15, 0.2) is 5.78 Å². The number of hydrogen-bond donors (Lipinski definition) is 0. The third-order valence-corrected chi connectivity index (χ3v) is 5.95. The summed E-state index contributed by atoms with van der Waals surface area (Å²) in [5, 5.41) is 0. The lowest BCUT2D eigenvalue weighted by Gasteiger charge is -2.14. The molecule has 1 aliphatic carbocycles. The number of aromatic nitrogens is 1. The van der Waals surface area contributed by atoms with Gasteiger partial charge in [0.1, 0.15) is 5.75 Å². The lowest BCUT2D eigenvalue weighted by Crippen LogP contribution is -2.36. The summed E-state index contributed by atoms with van der Waals surface area (Å²) >= 11 is 0. The maximum absolute atomic E-state index is 13.0. The van der Waals surface area contributed by atoms with Crippen LogP contribution >= 0.6 is 0 Å². The van der Waals surface area contributed by atoms with Crippen molar-refractivity contribution in [3.8, 4) is 11.4 Å². The molecule has 8 heteroatoms. The van der Waals surface area contributed by atoms with Crippen LogP contribution in [-0.4, -0.2) is 40.2 Å². The highest BCUT2D eigenvalue weighted by Crippen LogP contribution is 2.35. The van der Waals surface area contributed by atoms with E-state index in [-0.39, 0.29) is 41.7 Å². The molecule has 4 rings (SSSR count). The molecule has 0 N–H and O–H groups in total. The van der Waals surface area contributed by atoms with Gasteiger partial charge in [-0.05, 0) is 57.0 Å². The average Bonchev–Trinajstić information content (AvgIpc) is 3.17. The van der Waals surface area contributed by atoms with E-state index in [4.69, 9.17) is 0 Å². The predicted octanol–water partition coefficient (Wildman–Crippen LogP) is 3.83. The monoisotopic (exact) mass is 428 g/mol. The number of benzene rings is 1. The number of carbonyl (C=O) groups is 3. The number of halogens is 2. The fraction of sp³-hybridized carbons (Fsp3) is 0.348. The van der Waals surface area contributed by atoms with E-state index in [0.29, 0.717) is 29.8 Å². The Balaban J connectivity index is 1.55. The van der Waals surface area contributed by atoms with Crippen molar-refractivity contribution < 1.29 is 27.9 Å².